The molecule has 0 aliphatic rings. The molecule has 6 heteroatoms. The number of aryl methyl sites for hydroxylation is 1. The predicted octanol–water partition coefficient (Wildman–Crippen LogP) is 4.18. The number of hydrogen-bond donors (Lipinski definition) is 0. The topological polar surface area (TPSA) is 55.0 Å². The summed E-state index contributed by atoms with van der Waals surface area (Å²) in [4.78, 5) is 0. The van der Waals surface area contributed by atoms with Gasteiger partial charge in [0.25, 0.3) is 0 Å². The first-order valence-electron chi connectivity index (χ1n) is 8.98. The Kier molecular flexibility index (Phi) is 5.61. The Hall–Kier alpha value is -2.98. The molecule has 3 rings (SSSR count). The van der Waals surface area contributed by atoms with Crippen LogP contribution in [0.1, 0.15) is 23.7 Å². The van der Waals surface area contributed by atoms with Crippen molar-refractivity contribution in [2.45, 2.75) is 13.5 Å². The standard InChI is InChI=1S/C22H23N3O2P/c1-5-24-21(20(15-23)19-12-11-18(27-4)14-22(19)24)13-8-16-6-9-17(10-7-16)25(2,3)28-26/h6-7,9-12,14H,5,28H2,1-4H3/q+1. The van der Waals surface area contributed by atoms with Crippen LogP contribution in [0.2, 0.25) is 0 Å². The monoisotopic (exact) mass is 392 g/mol. The zero-order valence-corrected chi connectivity index (χ0v) is 17.6. The fourth-order valence-electron chi connectivity index (χ4n) is 3.15. The third-order valence-electron chi connectivity index (χ3n) is 4.82. The summed E-state index contributed by atoms with van der Waals surface area (Å²) in [5.74, 6) is 7.10. The van der Waals surface area contributed by atoms with E-state index < -0.39 is 8.61 Å². The van der Waals surface area contributed by atoms with Crippen LogP contribution in [0.3, 0.4) is 0 Å². The molecule has 2 aromatic carbocycles. The fraction of sp³-hybridized carbons (Fsp3) is 0.227. The number of aromatic nitrogens is 1. The van der Waals surface area contributed by atoms with Crippen molar-refractivity contribution in [1.82, 2.24) is 8.82 Å². The molecular weight excluding hydrogens is 369 g/mol. The summed E-state index contributed by atoms with van der Waals surface area (Å²) >= 11 is 0. The summed E-state index contributed by atoms with van der Waals surface area (Å²) in [5.41, 5.74) is 4.05. The first-order valence-corrected chi connectivity index (χ1v) is 9.97. The van der Waals surface area contributed by atoms with Gasteiger partial charge in [0.2, 0.25) is 8.61 Å². The highest BCUT2D eigenvalue weighted by Crippen LogP contribution is 2.29. The second-order valence-electron chi connectivity index (χ2n) is 6.90. The van der Waals surface area contributed by atoms with Gasteiger partial charge in [-0.25, -0.2) is 0 Å². The van der Waals surface area contributed by atoms with Crippen LogP contribution in [0.4, 0.5) is 5.69 Å². The first-order chi connectivity index (χ1) is 13.4. The third-order valence-corrected chi connectivity index (χ3v) is 5.65. The maximum atomic E-state index is 11.4. The van der Waals surface area contributed by atoms with Crippen LogP contribution in [-0.4, -0.2) is 25.8 Å². The maximum Gasteiger partial charge on any atom is 0.231 e. The predicted molar refractivity (Wildman–Crippen MR) is 115 cm³/mol. The zero-order chi connectivity index (χ0) is 20.3. The van der Waals surface area contributed by atoms with E-state index in [0.29, 0.717) is 22.1 Å². The largest absolute Gasteiger partial charge is 0.497 e. The number of rotatable bonds is 4. The smallest absolute Gasteiger partial charge is 0.231 e. The molecule has 1 heterocycles. The van der Waals surface area contributed by atoms with Gasteiger partial charge in [-0.3, -0.25) is 8.82 Å². The zero-order valence-electron chi connectivity index (χ0n) is 16.5. The molecule has 0 aliphatic heterocycles. The van der Waals surface area contributed by atoms with Crippen LogP contribution in [0.5, 0.6) is 5.75 Å². The minimum atomic E-state index is -0.964. The molecule has 0 bridgehead atoms. The van der Waals surface area contributed by atoms with Crippen LogP contribution >= 0.6 is 8.61 Å². The number of methoxy groups -OCH3 is 1. The molecule has 0 aliphatic carbocycles. The van der Waals surface area contributed by atoms with Crippen molar-refractivity contribution < 1.29 is 9.30 Å². The van der Waals surface area contributed by atoms with E-state index in [2.05, 4.69) is 17.9 Å². The summed E-state index contributed by atoms with van der Waals surface area (Å²) in [6, 6.07) is 15.7. The number of quaternary nitrogens is 1. The maximum absolute atomic E-state index is 11.4. The Balaban J connectivity index is 2.08. The van der Waals surface area contributed by atoms with E-state index in [1.807, 2.05) is 68.1 Å². The SMILES string of the molecule is CCn1c(C#Cc2ccc([N+](C)(C)[PH2]=O)cc2)c(C#N)c2ccc(OC)cc21. The Morgan fingerprint density at radius 3 is 2.43 bits per heavy atom. The Bertz CT molecular complexity index is 1140. The molecule has 0 fully saturated rings. The van der Waals surface area contributed by atoms with Gasteiger partial charge in [-0.05, 0) is 37.1 Å². The molecule has 28 heavy (non-hydrogen) atoms. The second kappa shape index (κ2) is 7.95. The van der Waals surface area contributed by atoms with E-state index in [4.69, 9.17) is 4.74 Å². The van der Waals surface area contributed by atoms with Gasteiger partial charge in [-0.2, -0.15) is 5.26 Å². The lowest BCUT2D eigenvalue weighted by atomic mass is 10.1. The second-order valence-corrected chi connectivity index (χ2v) is 8.41. The molecule has 1 atom stereocenters. The highest BCUT2D eigenvalue weighted by molar-refractivity contribution is 7.23. The van der Waals surface area contributed by atoms with Gasteiger partial charge in [0.05, 0.1) is 32.3 Å². The minimum Gasteiger partial charge on any atom is -0.497 e. The van der Waals surface area contributed by atoms with Crippen molar-refractivity contribution in [3.63, 3.8) is 0 Å². The highest BCUT2D eigenvalue weighted by Gasteiger charge is 2.16. The molecule has 1 unspecified atom stereocenters. The normalized spacial score (nSPS) is 11.4. The first kappa shape index (κ1) is 19.8. The number of hydrogen-bond acceptors (Lipinski definition) is 3. The van der Waals surface area contributed by atoms with Crippen molar-refractivity contribution in [2.75, 3.05) is 21.2 Å². The van der Waals surface area contributed by atoms with Crippen molar-refractivity contribution in [1.29, 1.82) is 5.26 Å². The molecule has 0 saturated heterocycles. The van der Waals surface area contributed by atoms with E-state index in [0.717, 1.165) is 27.9 Å². The van der Waals surface area contributed by atoms with Crippen LogP contribution in [-0.2, 0) is 11.1 Å². The molecule has 0 amide bonds. The number of fused-ring (bicyclic) bond motifs is 1. The number of nitriles is 1. The fourth-order valence-corrected chi connectivity index (χ4v) is 3.44. The molecule has 0 radical (unpaired) electrons. The average molecular weight is 392 g/mol. The van der Waals surface area contributed by atoms with Crippen LogP contribution < -0.4 is 8.99 Å². The van der Waals surface area contributed by atoms with Gasteiger partial charge < -0.3 is 9.30 Å². The number of nitrogens with zero attached hydrogens (tertiary/aromatic N) is 3. The van der Waals surface area contributed by atoms with Crippen molar-refractivity contribution in [3.05, 3.63) is 59.3 Å². The van der Waals surface area contributed by atoms with E-state index in [1.165, 1.54) is 0 Å². The lowest BCUT2D eigenvalue weighted by Gasteiger charge is -2.22. The number of ether oxygens (including phenoxy) is 1. The van der Waals surface area contributed by atoms with Crippen LogP contribution in [0.25, 0.3) is 10.9 Å². The summed E-state index contributed by atoms with van der Waals surface area (Å²) in [6.45, 7) is 2.73. The molecule has 1 aromatic heterocycles. The molecule has 5 nitrogen and oxygen atoms in total. The minimum absolute atomic E-state index is 0.359. The van der Waals surface area contributed by atoms with E-state index >= 15 is 0 Å². The molecule has 0 saturated carbocycles. The van der Waals surface area contributed by atoms with Gasteiger partial charge in [0, 0.05) is 35.7 Å². The van der Waals surface area contributed by atoms with Crippen LogP contribution in [0, 0.1) is 23.2 Å². The highest BCUT2D eigenvalue weighted by atomic mass is 31.1. The number of benzene rings is 2. The van der Waals surface area contributed by atoms with Crippen molar-refractivity contribution >= 4 is 25.2 Å². The third kappa shape index (κ3) is 3.56. The lowest BCUT2D eigenvalue weighted by molar-refractivity contribution is 0.415. The molecule has 142 valence electrons. The summed E-state index contributed by atoms with van der Waals surface area (Å²) in [7, 11) is 4.49. The van der Waals surface area contributed by atoms with E-state index in [1.54, 1.807) is 7.11 Å². The van der Waals surface area contributed by atoms with Gasteiger partial charge >= 0.3 is 0 Å². The van der Waals surface area contributed by atoms with E-state index in [-0.39, 0.29) is 0 Å². The van der Waals surface area contributed by atoms with Gasteiger partial charge in [0.1, 0.15) is 23.2 Å². The summed E-state index contributed by atoms with van der Waals surface area (Å²) in [5, 5.41) is 10.6. The van der Waals surface area contributed by atoms with Crippen molar-refractivity contribution in [2.24, 2.45) is 0 Å². The van der Waals surface area contributed by atoms with Gasteiger partial charge in [-0.1, -0.05) is 5.92 Å². The van der Waals surface area contributed by atoms with E-state index in [9.17, 15) is 9.83 Å². The molecule has 0 spiro atoms. The Morgan fingerprint density at radius 2 is 1.86 bits per heavy atom. The van der Waals surface area contributed by atoms with Gasteiger partial charge in [-0.15, -0.1) is 0 Å². The quantitative estimate of drug-likeness (QED) is 0.494. The molecule has 3 aromatic rings. The summed E-state index contributed by atoms with van der Waals surface area (Å²) < 4.78 is 19.1. The summed E-state index contributed by atoms with van der Waals surface area (Å²) in [6.07, 6.45) is 0. The Morgan fingerprint density at radius 1 is 1.14 bits per heavy atom. The molecular formula is C22H23N3O2P+. The van der Waals surface area contributed by atoms with Crippen LogP contribution in [0.15, 0.2) is 42.5 Å². The van der Waals surface area contributed by atoms with Gasteiger partial charge in [0.15, 0.2) is 0 Å². The molecule has 0 N–H and O–H groups in total. The Labute approximate surface area is 166 Å². The van der Waals surface area contributed by atoms with Crippen molar-refractivity contribution in [3.8, 4) is 23.7 Å². The average Bonchev–Trinajstić information content (AvgIpc) is 3.03. The lowest BCUT2D eigenvalue weighted by Crippen LogP contribution is -2.27.